The monoisotopic (exact) mass is 484 g/mol. The molecule has 1 aliphatic rings. The zero-order chi connectivity index (χ0) is 24.0. The molecule has 8 nitrogen and oxygen atoms in total. The van der Waals surface area contributed by atoms with E-state index in [1.165, 1.54) is 0 Å². The zero-order valence-electron chi connectivity index (χ0n) is 19.5. The van der Waals surface area contributed by atoms with E-state index in [9.17, 15) is 0 Å². The number of aromatic nitrogens is 6. The molecule has 0 unspecified atom stereocenters. The molecule has 1 aliphatic carbocycles. The summed E-state index contributed by atoms with van der Waals surface area (Å²) in [6, 6.07) is 14.4. The minimum Gasteiger partial charge on any atom is -0.367 e. The standard InChI is InChI=1S/C26H25ClN8/c1-35(2)14-26(11-17(12-26)32-24-18-13-31-34-25(18)30-15-29-24)19-10-23-16(9-20(19)27)6-7-22(33-23)21-5-3-4-8-28-21/h3-10,13,15,17H,11-12,14H2,1-2H3,(H2,29,30,31,32,34). The maximum atomic E-state index is 6.90. The summed E-state index contributed by atoms with van der Waals surface area (Å²) >= 11 is 6.90. The molecule has 1 aromatic carbocycles. The van der Waals surface area contributed by atoms with Gasteiger partial charge in [-0.05, 0) is 62.8 Å². The number of halogens is 1. The van der Waals surface area contributed by atoms with Gasteiger partial charge < -0.3 is 10.2 Å². The van der Waals surface area contributed by atoms with Crippen LogP contribution in [0, 0.1) is 0 Å². The quantitative estimate of drug-likeness (QED) is 0.361. The van der Waals surface area contributed by atoms with Gasteiger partial charge in [0.2, 0.25) is 0 Å². The van der Waals surface area contributed by atoms with Crippen molar-refractivity contribution < 1.29 is 0 Å². The fourth-order valence-corrected chi connectivity index (χ4v) is 5.68. The summed E-state index contributed by atoms with van der Waals surface area (Å²) in [5.74, 6) is 0.804. The van der Waals surface area contributed by atoms with Crippen molar-refractivity contribution in [1.82, 2.24) is 35.0 Å². The van der Waals surface area contributed by atoms with Gasteiger partial charge in [-0.25, -0.2) is 15.0 Å². The van der Waals surface area contributed by atoms with E-state index in [0.29, 0.717) is 0 Å². The van der Waals surface area contributed by atoms with E-state index in [1.54, 1.807) is 18.7 Å². The van der Waals surface area contributed by atoms with Crippen LogP contribution in [0.25, 0.3) is 33.3 Å². The number of anilines is 1. The fourth-order valence-electron chi connectivity index (χ4n) is 5.31. The number of aromatic amines is 1. The topological polar surface area (TPSA) is 95.5 Å². The van der Waals surface area contributed by atoms with E-state index < -0.39 is 0 Å². The average Bonchev–Trinajstić information content (AvgIpc) is 3.32. The molecule has 0 radical (unpaired) electrons. The van der Waals surface area contributed by atoms with Gasteiger partial charge in [-0.2, -0.15) is 5.10 Å². The van der Waals surface area contributed by atoms with Crippen molar-refractivity contribution in [2.75, 3.05) is 26.0 Å². The van der Waals surface area contributed by atoms with E-state index in [-0.39, 0.29) is 11.5 Å². The third-order valence-electron chi connectivity index (χ3n) is 6.76. The van der Waals surface area contributed by atoms with Crippen LogP contribution < -0.4 is 5.32 Å². The van der Waals surface area contributed by atoms with Crippen molar-refractivity contribution in [2.45, 2.75) is 24.3 Å². The zero-order valence-corrected chi connectivity index (χ0v) is 20.3. The van der Waals surface area contributed by atoms with Crippen LogP contribution in [0.4, 0.5) is 5.82 Å². The molecule has 0 saturated heterocycles. The lowest BCUT2D eigenvalue weighted by atomic mass is 9.61. The summed E-state index contributed by atoms with van der Waals surface area (Å²) in [4.78, 5) is 20.3. The first-order valence-corrected chi connectivity index (χ1v) is 12.0. The highest BCUT2D eigenvalue weighted by atomic mass is 35.5. The minimum absolute atomic E-state index is 0.0857. The Kier molecular flexibility index (Phi) is 5.35. The molecule has 0 spiro atoms. The van der Waals surface area contributed by atoms with Gasteiger partial charge >= 0.3 is 0 Å². The first kappa shape index (κ1) is 21.9. The number of hydrogen-bond acceptors (Lipinski definition) is 7. The summed E-state index contributed by atoms with van der Waals surface area (Å²) < 4.78 is 0. The molecule has 6 rings (SSSR count). The van der Waals surface area contributed by atoms with Crippen LogP contribution >= 0.6 is 11.6 Å². The second-order valence-corrected chi connectivity index (χ2v) is 9.97. The number of rotatable bonds is 6. The highest BCUT2D eigenvalue weighted by molar-refractivity contribution is 6.32. The Morgan fingerprint density at radius 2 is 1.97 bits per heavy atom. The number of benzene rings is 1. The number of likely N-dealkylation sites (N-methyl/N-ethyl adjacent to an activating group) is 1. The van der Waals surface area contributed by atoms with Crippen molar-refractivity contribution in [3.63, 3.8) is 0 Å². The van der Waals surface area contributed by atoms with Crippen LogP contribution in [-0.4, -0.2) is 61.7 Å². The van der Waals surface area contributed by atoms with E-state index in [2.05, 4.69) is 61.6 Å². The summed E-state index contributed by atoms with van der Waals surface area (Å²) in [5, 5.41) is 13.3. The lowest BCUT2D eigenvalue weighted by Crippen LogP contribution is -2.53. The number of hydrogen-bond donors (Lipinski definition) is 2. The number of nitrogens with zero attached hydrogens (tertiary/aromatic N) is 6. The average molecular weight is 485 g/mol. The smallest absolute Gasteiger partial charge is 0.160 e. The number of nitrogens with one attached hydrogen (secondary N) is 2. The van der Waals surface area contributed by atoms with Gasteiger partial charge in [0.1, 0.15) is 12.1 Å². The molecule has 0 bridgehead atoms. The highest BCUT2D eigenvalue weighted by Gasteiger charge is 2.47. The molecule has 1 fully saturated rings. The van der Waals surface area contributed by atoms with E-state index in [1.807, 2.05) is 30.3 Å². The van der Waals surface area contributed by atoms with Gasteiger partial charge in [0.15, 0.2) is 5.65 Å². The van der Waals surface area contributed by atoms with E-state index in [0.717, 1.165) is 69.1 Å². The summed E-state index contributed by atoms with van der Waals surface area (Å²) in [5.41, 5.74) is 4.43. The summed E-state index contributed by atoms with van der Waals surface area (Å²) in [7, 11) is 4.21. The maximum absolute atomic E-state index is 6.90. The van der Waals surface area contributed by atoms with Crippen molar-refractivity contribution >= 4 is 39.4 Å². The van der Waals surface area contributed by atoms with Gasteiger partial charge in [-0.1, -0.05) is 23.7 Å². The Labute approximate surface area is 207 Å². The van der Waals surface area contributed by atoms with Gasteiger partial charge in [-0.15, -0.1) is 0 Å². The van der Waals surface area contributed by atoms with Gasteiger partial charge in [0.05, 0.1) is 28.5 Å². The second kappa shape index (κ2) is 8.55. The number of fused-ring (bicyclic) bond motifs is 2. The molecule has 5 aromatic rings. The van der Waals surface area contributed by atoms with Gasteiger partial charge in [-0.3, -0.25) is 10.1 Å². The lowest BCUT2D eigenvalue weighted by Gasteiger charge is -2.50. The van der Waals surface area contributed by atoms with Crippen molar-refractivity contribution in [1.29, 1.82) is 0 Å². The van der Waals surface area contributed by atoms with Crippen LogP contribution in [0.2, 0.25) is 5.02 Å². The maximum Gasteiger partial charge on any atom is 0.160 e. The fraction of sp³-hybridized carbons (Fsp3) is 0.269. The molecule has 0 amide bonds. The van der Waals surface area contributed by atoms with Crippen LogP contribution in [0.5, 0.6) is 0 Å². The lowest BCUT2D eigenvalue weighted by molar-refractivity contribution is 0.161. The Morgan fingerprint density at radius 3 is 2.77 bits per heavy atom. The molecular formula is C26H25ClN8. The molecule has 2 N–H and O–H groups in total. The number of pyridine rings is 2. The van der Waals surface area contributed by atoms with Crippen molar-refractivity contribution in [3.05, 3.63) is 71.8 Å². The molecule has 4 heterocycles. The third kappa shape index (κ3) is 3.98. The molecular weight excluding hydrogens is 460 g/mol. The molecule has 1 saturated carbocycles. The largest absolute Gasteiger partial charge is 0.367 e. The molecule has 4 aromatic heterocycles. The SMILES string of the molecule is CN(C)CC1(c2cc3nc(-c4ccccn4)ccc3cc2Cl)CC(Nc2ncnc3[nH]ncc23)C1. The Balaban J connectivity index is 1.34. The van der Waals surface area contributed by atoms with Gasteiger partial charge in [0.25, 0.3) is 0 Å². The Bertz CT molecular complexity index is 1510. The normalized spacial score (nSPS) is 19.8. The van der Waals surface area contributed by atoms with E-state index in [4.69, 9.17) is 16.6 Å². The molecule has 35 heavy (non-hydrogen) atoms. The second-order valence-electron chi connectivity index (χ2n) is 9.56. The van der Waals surface area contributed by atoms with Gasteiger partial charge in [0, 0.05) is 34.6 Å². The van der Waals surface area contributed by atoms with Crippen LogP contribution in [-0.2, 0) is 5.41 Å². The van der Waals surface area contributed by atoms with Crippen LogP contribution in [0.3, 0.4) is 0 Å². The predicted molar refractivity (Wildman–Crippen MR) is 139 cm³/mol. The first-order chi connectivity index (χ1) is 17.0. The van der Waals surface area contributed by atoms with Crippen LogP contribution in [0.15, 0.2) is 61.2 Å². The summed E-state index contributed by atoms with van der Waals surface area (Å²) in [6.45, 7) is 0.890. The Hall–Kier alpha value is -3.62. The van der Waals surface area contributed by atoms with Crippen LogP contribution in [0.1, 0.15) is 18.4 Å². The number of H-pyrrole nitrogens is 1. The molecule has 0 aliphatic heterocycles. The van der Waals surface area contributed by atoms with E-state index >= 15 is 0 Å². The first-order valence-electron chi connectivity index (χ1n) is 11.6. The minimum atomic E-state index is -0.0857. The predicted octanol–water partition coefficient (Wildman–Crippen LogP) is 4.69. The Morgan fingerprint density at radius 1 is 1.09 bits per heavy atom. The summed E-state index contributed by atoms with van der Waals surface area (Å²) in [6.07, 6.45) is 6.96. The molecule has 176 valence electrons. The molecule has 0 atom stereocenters. The van der Waals surface area contributed by atoms with Crippen molar-refractivity contribution in [2.24, 2.45) is 0 Å². The molecule has 9 heteroatoms. The third-order valence-corrected chi connectivity index (χ3v) is 7.07. The van der Waals surface area contributed by atoms with Crippen molar-refractivity contribution in [3.8, 4) is 11.4 Å². The highest BCUT2D eigenvalue weighted by Crippen LogP contribution is 2.48.